The van der Waals surface area contributed by atoms with Gasteiger partial charge in [-0.3, -0.25) is 10.1 Å². The molecule has 1 fully saturated rings. The summed E-state index contributed by atoms with van der Waals surface area (Å²) in [5.41, 5.74) is 6.44. The zero-order chi connectivity index (χ0) is 30.4. The van der Waals surface area contributed by atoms with Crippen molar-refractivity contribution in [2.75, 3.05) is 0 Å². The van der Waals surface area contributed by atoms with Crippen molar-refractivity contribution in [1.29, 1.82) is 0 Å². The van der Waals surface area contributed by atoms with Gasteiger partial charge in [-0.25, -0.2) is 14.8 Å². The predicted octanol–water partition coefficient (Wildman–Crippen LogP) is 9.35. The van der Waals surface area contributed by atoms with E-state index in [-0.39, 0.29) is 17.3 Å². The number of hydrogen-bond donors (Lipinski definition) is 1. The summed E-state index contributed by atoms with van der Waals surface area (Å²) in [6.07, 6.45) is 5.62. The molecule has 1 saturated carbocycles. The fourth-order valence-corrected chi connectivity index (χ4v) is 6.42. The van der Waals surface area contributed by atoms with Crippen LogP contribution in [0.3, 0.4) is 0 Å². The van der Waals surface area contributed by atoms with Gasteiger partial charge in [-0.1, -0.05) is 49.1 Å². The maximum atomic E-state index is 11.7. The second-order valence-corrected chi connectivity index (χ2v) is 11.6. The average molecular weight is 603 g/mol. The van der Waals surface area contributed by atoms with Crippen LogP contribution in [0.15, 0.2) is 91.0 Å². The molecule has 9 heteroatoms. The van der Waals surface area contributed by atoms with Gasteiger partial charge in [0.15, 0.2) is 0 Å². The van der Waals surface area contributed by atoms with Crippen molar-refractivity contribution in [3.8, 4) is 33.8 Å². The van der Waals surface area contributed by atoms with Crippen molar-refractivity contribution in [2.45, 2.75) is 38.1 Å². The summed E-state index contributed by atoms with van der Waals surface area (Å²) in [6.45, 7) is 0. The number of carbonyl (C=O) groups is 1. The van der Waals surface area contributed by atoms with E-state index in [0.29, 0.717) is 21.8 Å². The second kappa shape index (κ2) is 11.2. The molecule has 0 amide bonds. The van der Waals surface area contributed by atoms with E-state index in [1.165, 1.54) is 12.5 Å². The molecule has 8 nitrogen and oxygen atoms in total. The van der Waals surface area contributed by atoms with Crippen molar-refractivity contribution < 1.29 is 14.8 Å². The summed E-state index contributed by atoms with van der Waals surface area (Å²) >= 11 is 6.11. The van der Waals surface area contributed by atoms with Crippen LogP contribution in [0, 0.1) is 10.1 Å². The van der Waals surface area contributed by atoms with Gasteiger partial charge in [-0.15, -0.1) is 0 Å². The van der Waals surface area contributed by atoms with Crippen molar-refractivity contribution >= 4 is 45.2 Å². The summed E-state index contributed by atoms with van der Waals surface area (Å²) in [5.74, 6) is -0.166. The maximum absolute atomic E-state index is 11.7. The first-order chi connectivity index (χ1) is 21.4. The third-order valence-electron chi connectivity index (χ3n) is 8.47. The number of hydrogen-bond acceptors (Lipinski definition) is 5. The minimum atomic E-state index is -0.976. The first-order valence-electron chi connectivity index (χ1n) is 14.6. The molecule has 0 atom stereocenters. The van der Waals surface area contributed by atoms with Gasteiger partial charge in [0.25, 0.3) is 5.69 Å². The molecule has 1 aliphatic carbocycles. The summed E-state index contributed by atoms with van der Waals surface area (Å²) in [4.78, 5) is 32.8. The van der Waals surface area contributed by atoms with Crippen LogP contribution in [-0.2, 0) is 0 Å². The number of halogens is 1. The highest BCUT2D eigenvalue weighted by molar-refractivity contribution is 6.30. The standard InChI is InChI=1S/C35H27ClN4O4/c36-25-11-6-21(7-12-25)28-14-13-27(40(43)44)20-29(28)31-16-8-22-18-23(9-15-30(22)37-31)34-38-32-19-24(35(41)42)10-17-33(32)39(34)26-4-2-1-3-5-26/h6-20,26H,1-5H2,(H,41,42). The Morgan fingerprint density at radius 3 is 2.34 bits per heavy atom. The summed E-state index contributed by atoms with van der Waals surface area (Å²) < 4.78 is 2.28. The van der Waals surface area contributed by atoms with E-state index in [1.54, 1.807) is 36.4 Å². The molecule has 0 spiro atoms. The fourth-order valence-electron chi connectivity index (χ4n) is 6.30. The third kappa shape index (κ3) is 5.07. The Kier molecular flexibility index (Phi) is 7.06. The van der Waals surface area contributed by atoms with Crippen LogP contribution in [0.4, 0.5) is 5.69 Å². The molecule has 2 aromatic heterocycles. The Bertz CT molecular complexity index is 2080. The lowest BCUT2D eigenvalue weighted by molar-refractivity contribution is -0.384. The van der Waals surface area contributed by atoms with Crippen molar-refractivity contribution in [3.05, 3.63) is 112 Å². The normalized spacial score (nSPS) is 13.8. The number of nitro groups is 1. The third-order valence-corrected chi connectivity index (χ3v) is 8.72. The lowest BCUT2D eigenvalue weighted by Gasteiger charge is -2.25. The van der Waals surface area contributed by atoms with E-state index in [2.05, 4.69) is 10.6 Å². The lowest BCUT2D eigenvalue weighted by atomic mass is 9.94. The van der Waals surface area contributed by atoms with Gasteiger partial charge >= 0.3 is 5.97 Å². The van der Waals surface area contributed by atoms with Crippen LogP contribution in [0.1, 0.15) is 48.5 Å². The Hall–Kier alpha value is -5.08. The molecular weight excluding hydrogens is 576 g/mol. The zero-order valence-corrected chi connectivity index (χ0v) is 24.4. The Morgan fingerprint density at radius 2 is 1.59 bits per heavy atom. The van der Waals surface area contributed by atoms with Gasteiger partial charge in [-0.2, -0.15) is 0 Å². The molecule has 1 N–H and O–H groups in total. The van der Waals surface area contributed by atoms with Crippen LogP contribution in [-0.4, -0.2) is 30.5 Å². The molecule has 218 valence electrons. The fraction of sp³-hybridized carbons (Fsp3) is 0.171. The number of aromatic nitrogens is 3. The number of nitro benzene ring substituents is 1. The van der Waals surface area contributed by atoms with E-state index >= 15 is 0 Å². The van der Waals surface area contributed by atoms with Crippen molar-refractivity contribution in [1.82, 2.24) is 14.5 Å². The predicted molar refractivity (Wildman–Crippen MR) is 172 cm³/mol. The van der Waals surface area contributed by atoms with Gasteiger partial charge in [0.1, 0.15) is 5.82 Å². The molecule has 4 aromatic carbocycles. The Balaban J connectivity index is 1.34. The van der Waals surface area contributed by atoms with Gasteiger partial charge in [0.2, 0.25) is 0 Å². The maximum Gasteiger partial charge on any atom is 0.335 e. The van der Waals surface area contributed by atoms with Crippen LogP contribution >= 0.6 is 11.6 Å². The summed E-state index contributed by atoms with van der Waals surface area (Å²) in [7, 11) is 0. The monoisotopic (exact) mass is 602 g/mol. The average Bonchev–Trinajstić information content (AvgIpc) is 3.44. The lowest BCUT2D eigenvalue weighted by Crippen LogP contribution is -2.14. The van der Waals surface area contributed by atoms with E-state index in [0.717, 1.165) is 64.6 Å². The smallest absolute Gasteiger partial charge is 0.335 e. The topological polar surface area (TPSA) is 111 Å². The van der Waals surface area contributed by atoms with E-state index < -0.39 is 10.9 Å². The van der Waals surface area contributed by atoms with E-state index in [9.17, 15) is 20.0 Å². The molecule has 0 aliphatic heterocycles. The van der Waals surface area contributed by atoms with Crippen LogP contribution < -0.4 is 0 Å². The highest BCUT2D eigenvalue weighted by Crippen LogP contribution is 2.38. The molecule has 44 heavy (non-hydrogen) atoms. The molecule has 7 rings (SSSR count). The molecule has 0 radical (unpaired) electrons. The van der Waals surface area contributed by atoms with Crippen LogP contribution in [0.25, 0.3) is 55.7 Å². The van der Waals surface area contributed by atoms with Gasteiger partial charge in [-0.05, 0) is 84.6 Å². The molecule has 0 bridgehead atoms. The van der Waals surface area contributed by atoms with Gasteiger partial charge < -0.3 is 9.67 Å². The number of carboxylic acid groups (broad SMARTS) is 1. The number of benzene rings is 4. The molecule has 1 aliphatic rings. The molecule has 2 heterocycles. The van der Waals surface area contributed by atoms with Gasteiger partial charge in [0.05, 0.1) is 32.7 Å². The Labute approximate surface area is 257 Å². The minimum absolute atomic E-state index is 0.0115. The van der Waals surface area contributed by atoms with Crippen molar-refractivity contribution in [2.24, 2.45) is 0 Å². The molecular formula is C35H27ClN4O4. The number of non-ortho nitro benzene ring substituents is 1. The summed E-state index contributed by atoms with van der Waals surface area (Å²) in [6, 6.07) is 27.5. The Morgan fingerprint density at radius 1 is 0.818 bits per heavy atom. The number of pyridine rings is 1. The van der Waals surface area contributed by atoms with Crippen LogP contribution in [0.5, 0.6) is 0 Å². The second-order valence-electron chi connectivity index (χ2n) is 11.2. The number of rotatable bonds is 6. The molecule has 0 unspecified atom stereocenters. The minimum Gasteiger partial charge on any atom is -0.478 e. The number of carboxylic acids is 1. The van der Waals surface area contributed by atoms with Crippen LogP contribution in [0.2, 0.25) is 5.02 Å². The first-order valence-corrected chi connectivity index (χ1v) is 14.9. The van der Waals surface area contributed by atoms with Crippen molar-refractivity contribution in [3.63, 3.8) is 0 Å². The van der Waals surface area contributed by atoms with E-state index in [4.69, 9.17) is 21.6 Å². The van der Waals surface area contributed by atoms with Gasteiger partial charge in [0, 0.05) is 39.7 Å². The largest absolute Gasteiger partial charge is 0.478 e. The number of fused-ring (bicyclic) bond motifs is 2. The summed E-state index contributed by atoms with van der Waals surface area (Å²) in [5, 5.41) is 22.7. The number of nitrogens with zero attached hydrogens (tertiary/aromatic N) is 4. The number of imidazole rings is 1. The highest BCUT2D eigenvalue weighted by atomic mass is 35.5. The quantitative estimate of drug-likeness (QED) is 0.150. The number of aromatic carboxylic acids is 1. The van der Waals surface area contributed by atoms with E-state index in [1.807, 2.05) is 42.5 Å². The SMILES string of the molecule is O=C(O)c1ccc2c(c1)nc(-c1ccc3nc(-c4cc([N+](=O)[O-])ccc4-c4ccc(Cl)cc4)ccc3c1)n2C1CCCCC1. The zero-order valence-electron chi connectivity index (χ0n) is 23.6. The first kappa shape index (κ1) is 27.7. The molecule has 6 aromatic rings. The highest BCUT2D eigenvalue weighted by Gasteiger charge is 2.23. The molecule has 0 saturated heterocycles.